The number of nitrogens with zero attached hydrogens (tertiary/aromatic N) is 1. The highest BCUT2D eigenvalue weighted by Gasteiger charge is 2.42. The van der Waals surface area contributed by atoms with Crippen LogP contribution in [0.4, 0.5) is 0 Å². The molecule has 1 aromatic carbocycles. The number of carbonyl (C=O) groups excluding carboxylic acids is 1. The van der Waals surface area contributed by atoms with Gasteiger partial charge in [0.15, 0.2) is 11.7 Å². The molecule has 1 aromatic heterocycles. The van der Waals surface area contributed by atoms with Gasteiger partial charge in [-0.3, -0.25) is 4.79 Å². The van der Waals surface area contributed by atoms with Crippen LogP contribution in [0, 0.1) is 12.8 Å². The third-order valence-electron chi connectivity index (χ3n) is 5.77. The van der Waals surface area contributed by atoms with Crippen molar-refractivity contribution >= 4 is 11.9 Å². The van der Waals surface area contributed by atoms with Crippen molar-refractivity contribution < 1.29 is 19.1 Å². The van der Waals surface area contributed by atoms with Gasteiger partial charge in [0.05, 0.1) is 5.69 Å². The summed E-state index contributed by atoms with van der Waals surface area (Å²) < 4.78 is 5.83. The summed E-state index contributed by atoms with van der Waals surface area (Å²) in [6.45, 7) is 4.00. The topological polar surface area (TPSA) is 92.4 Å². The molecule has 3 rings (SSSR count). The standard InChI is InChI=1S/C22H28N2O4/c1-3-16-11-13-22(14-12-16,21(26)27)24-18(25)9-10-19-23-15(2)20(28-19)17-7-5-4-6-8-17/h4-8,16H,3,9-14H2,1-2H3,(H,24,25)(H,26,27). The number of oxazole rings is 1. The number of nitrogens with one attached hydrogen (secondary N) is 1. The van der Waals surface area contributed by atoms with Crippen LogP contribution in [0.25, 0.3) is 11.3 Å². The van der Waals surface area contributed by atoms with Crippen molar-refractivity contribution in [1.29, 1.82) is 0 Å². The lowest BCUT2D eigenvalue weighted by atomic mass is 9.75. The van der Waals surface area contributed by atoms with Crippen LogP contribution in [0.15, 0.2) is 34.7 Å². The molecule has 1 saturated carbocycles. The van der Waals surface area contributed by atoms with Crippen LogP contribution in [0.1, 0.15) is 57.0 Å². The van der Waals surface area contributed by atoms with Gasteiger partial charge in [-0.15, -0.1) is 0 Å². The molecular formula is C22H28N2O4. The molecule has 0 atom stereocenters. The van der Waals surface area contributed by atoms with E-state index < -0.39 is 11.5 Å². The van der Waals surface area contributed by atoms with Crippen LogP contribution in [0.2, 0.25) is 0 Å². The van der Waals surface area contributed by atoms with Crippen LogP contribution in [-0.4, -0.2) is 27.5 Å². The Morgan fingerprint density at radius 1 is 1.25 bits per heavy atom. The number of aryl methyl sites for hydroxylation is 2. The highest BCUT2D eigenvalue weighted by molar-refractivity contribution is 5.87. The van der Waals surface area contributed by atoms with Crippen molar-refractivity contribution in [2.45, 2.75) is 64.3 Å². The highest BCUT2D eigenvalue weighted by Crippen LogP contribution is 2.34. The Bertz CT molecular complexity index is 820. The lowest BCUT2D eigenvalue weighted by molar-refractivity contribution is -0.149. The molecule has 1 fully saturated rings. The van der Waals surface area contributed by atoms with E-state index in [1.165, 1.54) is 0 Å². The molecule has 6 heteroatoms. The number of aromatic nitrogens is 1. The van der Waals surface area contributed by atoms with E-state index in [-0.39, 0.29) is 12.3 Å². The smallest absolute Gasteiger partial charge is 0.329 e. The van der Waals surface area contributed by atoms with E-state index in [2.05, 4.69) is 17.2 Å². The van der Waals surface area contributed by atoms with E-state index in [9.17, 15) is 14.7 Å². The predicted octanol–water partition coefficient (Wildman–Crippen LogP) is 4.12. The number of amides is 1. The molecule has 0 bridgehead atoms. The third-order valence-corrected chi connectivity index (χ3v) is 5.77. The Morgan fingerprint density at radius 3 is 2.54 bits per heavy atom. The Balaban J connectivity index is 1.60. The minimum atomic E-state index is -1.13. The summed E-state index contributed by atoms with van der Waals surface area (Å²) in [5.41, 5.74) is 0.590. The first-order valence-corrected chi connectivity index (χ1v) is 9.99. The molecule has 1 heterocycles. The molecule has 28 heavy (non-hydrogen) atoms. The average molecular weight is 384 g/mol. The maximum atomic E-state index is 12.5. The number of rotatable bonds is 7. The van der Waals surface area contributed by atoms with Gasteiger partial charge in [-0.05, 0) is 38.5 Å². The van der Waals surface area contributed by atoms with Crippen LogP contribution in [-0.2, 0) is 16.0 Å². The Kier molecular flexibility index (Phi) is 6.17. The SMILES string of the molecule is CCC1CCC(NC(=O)CCc2nc(C)c(-c3ccccc3)o2)(C(=O)O)CC1. The zero-order valence-corrected chi connectivity index (χ0v) is 16.5. The maximum Gasteiger partial charge on any atom is 0.329 e. The van der Waals surface area contributed by atoms with Crippen LogP contribution in [0.3, 0.4) is 0 Å². The molecule has 150 valence electrons. The maximum absolute atomic E-state index is 12.5. The molecule has 2 aromatic rings. The van der Waals surface area contributed by atoms with Crippen molar-refractivity contribution in [3.8, 4) is 11.3 Å². The zero-order chi connectivity index (χ0) is 20.1. The second-order valence-electron chi connectivity index (χ2n) is 7.68. The van der Waals surface area contributed by atoms with Crippen LogP contribution >= 0.6 is 0 Å². The summed E-state index contributed by atoms with van der Waals surface area (Å²) in [5, 5.41) is 12.5. The van der Waals surface area contributed by atoms with Gasteiger partial charge < -0.3 is 14.8 Å². The second-order valence-corrected chi connectivity index (χ2v) is 7.68. The fourth-order valence-electron chi connectivity index (χ4n) is 3.94. The summed E-state index contributed by atoms with van der Waals surface area (Å²) in [6, 6.07) is 9.71. The number of hydrogen-bond donors (Lipinski definition) is 2. The van der Waals surface area contributed by atoms with Gasteiger partial charge in [0.25, 0.3) is 0 Å². The van der Waals surface area contributed by atoms with Gasteiger partial charge >= 0.3 is 5.97 Å². The normalized spacial score (nSPS) is 22.0. The van der Waals surface area contributed by atoms with E-state index in [0.717, 1.165) is 30.5 Å². The number of carbonyl (C=O) groups is 2. The first-order chi connectivity index (χ1) is 13.4. The van der Waals surface area contributed by atoms with Crippen molar-refractivity contribution in [1.82, 2.24) is 10.3 Å². The molecular weight excluding hydrogens is 356 g/mol. The molecule has 0 unspecified atom stereocenters. The Hall–Kier alpha value is -2.63. The highest BCUT2D eigenvalue weighted by atomic mass is 16.4. The van der Waals surface area contributed by atoms with Gasteiger partial charge in [-0.25, -0.2) is 9.78 Å². The summed E-state index contributed by atoms with van der Waals surface area (Å²) >= 11 is 0. The molecule has 0 radical (unpaired) electrons. The molecule has 2 N–H and O–H groups in total. The van der Waals surface area contributed by atoms with Gasteiger partial charge in [0.1, 0.15) is 5.54 Å². The van der Waals surface area contributed by atoms with Crippen LogP contribution < -0.4 is 5.32 Å². The summed E-state index contributed by atoms with van der Waals surface area (Å²) in [7, 11) is 0. The minimum Gasteiger partial charge on any atom is -0.480 e. The average Bonchev–Trinajstić information content (AvgIpc) is 3.08. The molecule has 0 spiro atoms. The lowest BCUT2D eigenvalue weighted by Gasteiger charge is -2.37. The molecule has 1 amide bonds. The van der Waals surface area contributed by atoms with E-state index in [1.54, 1.807) is 0 Å². The largest absolute Gasteiger partial charge is 0.480 e. The Labute approximate surface area is 165 Å². The molecule has 1 aliphatic carbocycles. The van der Waals surface area contributed by atoms with Crippen molar-refractivity contribution in [3.63, 3.8) is 0 Å². The summed E-state index contributed by atoms with van der Waals surface area (Å²) in [5.74, 6) is 0.542. The number of carboxylic acid groups (broad SMARTS) is 1. The van der Waals surface area contributed by atoms with Gasteiger partial charge in [0.2, 0.25) is 5.91 Å². The van der Waals surface area contributed by atoms with Crippen molar-refractivity contribution in [2.75, 3.05) is 0 Å². The number of hydrogen-bond acceptors (Lipinski definition) is 4. The molecule has 1 aliphatic rings. The Morgan fingerprint density at radius 2 is 1.93 bits per heavy atom. The first kappa shape index (κ1) is 20.1. The molecule has 0 aliphatic heterocycles. The molecule has 6 nitrogen and oxygen atoms in total. The fraction of sp³-hybridized carbons (Fsp3) is 0.500. The summed E-state index contributed by atoms with van der Waals surface area (Å²) in [4.78, 5) is 28.7. The lowest BCUT2D eigenvalue weighted by Crippen LogP contribution is -2.56. The van der Waals surface area contributed by atoms with Crippen molar-refractivity contribution in [2.24, 2.45) is 5.92 Å². The first-order valence-electron chi connectivity index (χ1n) is 9.99. The van der Waals surface area contributed by atoms with Gasteiger partial charge in [-0.1, -0.05) is 43.7 Å². The van der Waals surface area contributed by atoms with Gasteiger partial charge in [-0.2, -0.15) is 0 Å². The van der Waals surface area contributed by atoms with Crippen LogP contribution in [0.5, 0.6) is 0 Å². The number of aliphatic carboxylic acids is 1. The zero-order valence-electron chi connectivity index (χ0n) is 16.5. The summed E-state index contributed by atoms with van der Waals surface area (Å²) in [6.07, 6.45) is 4.20. The third kappa shape index (κ3) is 4.43. The molecule has 0 saturated heterocycles. The van der Waals surface area contributed by atoms with E-state index in [0.29, 0.717) is 36.8 Å². The van der Waals surface area contributed by atoms with Gasteiger partial charge in [0, 0.05) is 18.4 Å². The van der Waals surface area contributed by atoms with E-state index >= 15 is 0 Å². The van der Waals surface area contributed by atoms with E-state index in [1.807, 2.05) is 37.3 Å². The minimum absolute atomic E-state index is 0.153. The van der Waals surface area contributed by atoms with E-state index in [4.69, 9.17) is 4.42 Å². The second kappa shape index (κ2) is 8.59. The predicted molar refractivity (Wildman–Crippen MR) is 106 cm³/mol. The number of benzene rings is 1. The quantitative estimate of drug-likeness (QED) is 0.749. The number of carboxylic acids is 1. The fourth-order valence-corrected chi connectivity index (χ4v) is 3.94. The van der Waals surface area contributed by atoms with Crippen molar-refractivity contribution in [3.05, 3.63) is 41.9 Å². The monoisotopic (exact) mass is 384 g/mol.